The molecule has 4 nitrogen and oxygen atoms in total. The van der Waals surface area contributed by atoms with Crippen molar-refractivity contribution in [2.75, 3.05) is 7.11 Å². The van der Waals surface area contributed by atoms with E-state index in [1.807, 2.05) is 18.2 Å². The number of nitrogens with zero attached hydrogens (tertiary/aromatic N) is 1. The first-order chi connectivity index (χ1) is 8.85. The fraction of sp³-hybridized carbons (Fsp3) is 0.143. The van der Waals surface area contributed by atoms with Crippen molar-refractivity contribution in [3.63, 3.8) is 0 Å². The summed E-state index contributed by atoms with van der Waals surface area (Å²) in [4.78, 5) is 14.8. The molecule has 2 rings (SSSR count). The minimum Gasteiger partial charge on any atom is -0.496 e. The lowest BCUT2D eigenvalue weighted by Gasteiger charge is -2.12. The number of aromatic nitrogens is 1. The maximum Gasteiger partial charge on any atom is 0.219 e. The number of hydrogen-bond acceptors (Lipinski definition) is 4. The lowest BCUT2D eigenvalue weighted by molar-refractivity contribution is -0.107. The number of pyridine rings is 1. The monoisotopic (exact) mass is 243 g/mol. The van der Waals surface area contributed by atoms with Gasteiger partial charge < -0.3 is 14.3 Å². The van der Waals surface area contributed by atoms with Crippen molar-refractivity contribution < 1.29 is 14.3 Å². The van der Waals surface area contributed by atoms with Crippen LogP contribution in [0.3, 0.4) is 0 Å². The number of hydrogen-bond donors (Lipinski definition) is 0. The summed E-state index contributed by atoms with van der Waals surface area (Å²) in [6, 6.07) is 10.8. The molecule has 18 heavy (non-hydrogen) atoms. The van der Waals surface area contributed by atoms with Crippen molar-refractivity contribution in [2.24, 2.45) is 0 Å². The molecule has 0 unspecified atom stereocenters. The first kappa shape index (κ1) is 12.1. The van der Waals surface area contributed by atoms with Gasteiger partial charge in [-0.2, -0.15) is 0 Å². The Kier molecular flexibility index (Phi) is 3.91. The van der Waals surface area contributed by atoms with Crippen molar-refractivity contribution in [2.45, 2.75) is 6.42 Å². The maximum absolute atomic E-state index is 10.7. The van der Waals surface area contributed by atoms with Crippen LogP contribution in [0, 0.1) is 0 Å². The van der Waals surface area contributed by atoms with E-state index < -0.39 is 0 Å². The van der Waals surface area contributed by atoms with E-state index in [0.717, 1.165) is 11.8 Å². The molecular formula is C14H13NO3. The van der Waals surface area contributed by atoms with Gasteiger partial charge >= 0.3 is 0 Å². The van der Waals surface area contributed by atoms with Gasteiger partial charge in [-0.05, 0) is 18.2 Å². The van der Waals surface area contributed by atoms with Crippen LogP contribution in [0.5, 0.6) is 17.4 Å². The Bertz CT molecular complexity index is 526. The largest absolute Gasteiger partial charge is 0.496 e. The molecule has 0 aliphatic carbocycles. The fourth-order valence-electron chi connectivity index (χ4n) is 1.64. The standard InChI is InChI=1S/C14H13NO3/c1-17-12-5-4-6-13(11(12)8-10-16)18-14-7-2-3-9-15-14/h2-7,9-10H,8H2,1H3. The number of benzene rings is 1. The van der Waals surface area contributed by atoms with Crippen molar-refractivity contribution in [3.8, 4) is 17.4 Å². The third-order valence-corrected chi connectivity index (χ3v) is 2.45. The molecule has 0 saturated carbocycles. The van der Waals surface area contributed by atoms with Crippen LogP contribution in [0.15, 0.2) is 42.6 Å². The van der Waals surface area contributed by atoms with Crippen molar-refractivity contribution in [3.05, 3.63) is 48.2 Å². The molecule has 0 spiro atoms. The minimum atomic E-state index is 0.242. The molecule has 0 aliphatic rings. The van der Waals surface area contributed by atoms with E-state index in [2.05, 4.69) is 4.98 Å². The summed E-state index contributed by atoms with van der Waals surface area (Å²) in [5, 5.41) is 0. The van der Waals surface area contributed by atoms with Crippen LogP contribution in [0.25, 0.3) is 0 Å². The zero-order valence-corrected chi connectivity index (χ0v) is 10.00. The fourth-order valence-corrected chi connectivity index (χ4v) is 1.64. The van der Waals surface area contributed by atoms with E-state index in [1.165, 1.54) is 0 Å². The van der Waals surface area contributed by atoms with Gasteiger partial charge in [-0.3, -0.25) is 0 Å². The number of aldehydes is 1. The second-order valence-electron chi connectivity index (χ2n) is 3.58. The zero-order chi connectivity index (χ0) is 12.8. The number of ether oxygens (including phenoxy) is 2. The van der Waals surface area contributed by atoms with Gasteiger partial charge in [-0.1, -0.05) is 12.1 Å². The average Bonchev–Trinajstić information content (AvgIpc) is 2.42. The van der Waals surface area contributed by atoms with Gasteiger partial charge in [0.15, 0.2) is 0 Å². The summed E-state index contributed by atoms with van der Waals surface area (Å²) in [5.41, 5.74) is 0.723. The normalized spacial score (nSPS) is 9.83. The predicted octanol–water partition coefficient (Wildman–Crippen LogP) is 2.62. The van der Waals surface area contributed by atoms with E-state index in [4.69, 9.17) is 9.47 Å². The number of carbonyl (C=O) groups is 1. The molecule has 0 N–H and O–H groups in total. The third-order valence-electron chi connectivity index (χ3n) is 2.45. The van der Waals surface area contributed by atoms with Crippen molar-refractivity contribution in [1.82, 2.24) is 4.98 Å². The molecule has 0 bridgehead atoms. The molecule has 1 aromatic carbocycles. The quantitative estimate of drug-likeness (QED) is 0.757. The van der Waals surface area contributed by atoms with E-state index in [-0.39, 0.29) is 6.42 Å². The topological polar surface area (TPSA) is 48.4 Å². The predicted molar refractivity (Wildman–Crippen MR) is 67.1 cm³/mol. The number of carbonyl (C=O) groups excluding carboxylic acids is 1. The lowest BCUT2D eigenvalue weighted by Crippen LogP contribution is -1.97. The highest BCUT2D eigenvalue weighted by atomic mass is 16.5. The van der Waals surface area contributed by atoms with Crippen LogP contribution in [0.1, 0.15) is 5.56 Å². The highest BCUT2D eigenvalue weighted by Crippen LogP contribution is 2.31. The first-order valence-corrected chi connectivity index (χ1v) is 5.53. The van der Waals surface area contributed by atoms with Gasteiger partial charge in [-0.25, -0.2) is 4.98 Å². The van der Waals surface area contributed by atoms with Crippen molar-refractivity contribution in [1.29, 1.82) is 0 Å². The molecule has 92 valence electrons. The van der Waals surface area contributed by atoms with Gasteiger partial charge in [0, 0.05) is 24.2 Å². The van der Waals surface area contributed by atoms with Crippen LogP contribution in [0.4, 0.5) is 0 Å². The highest BCUT2D eigenvalue weighted by Gasteiger charge is 2.10. The summed E-state index contributed by atoms with van der Waals surface area (Å²) in [6.45, 7) is 0. The van der Waals surface area contributed by atoms with Crippen LogP contribution in [-0.2, 0) is 11.2 Å². The molecular weight excluding hydrogens is 230 g/mol. The maximum atomic E-state index is 10.7. The first-order valence-electron chi connectivity index (χ1n) is 5.53. The Morgan fingerprint density at radius 3 is 2.67 bits per heavy atom. The second kappa shape index (κ2) is 5.82. The Hall–Kier alpha value is -2.36. The van der Waals surface area contributed by atoms with Gasteiger partial charge in [0.1, 0.15) is 17.8 Å². The summed E-state index contributed by atoms with van der Waals surface area (Å²) in [7, 11) is 1.56. The lowest BCUT2D eigenvalue weighted by atomic mass is 10.1. The molecule has 0 fully saturated rings. The average molecular weight is 243 g/mol. The van der Waals surface area contributed by atoms with E-state index >= 15 is 0 Å². The van der Waals surface area contributed by atoms with Gasteiger partial charge in [0.25, 0.3) is 0 Å². The van der Waals surface area contributed by atoms with Gasteiger partial charge in [0.05, 0.1) is 7.11 Å². The molecule has 0 atom stereocenters. The Labute approximate surface area is 105 Å². The number of rotatable bonds is 5. The summed E-state index contributed by atoms with van der Waals surface area (Å²) in [6.07, 6.45) is 2.71. The molecule has 0 saturated heterocycles. The molecule has 0 radical (unpaired) electrons. The Morgan fingerprint density at radius 1 is 1.17 bits per heavy atom. The van der Waals surface area contributed by atoms with E-state index in [0.29, 0.717) is 17.4 Å². The van der Waals surface area contributed by atoms with Crippen LogP contribution < -0.4 is 9.47 Å². The SMILES string of the molecule is COc1cccc(Oc2ccccn2)c1CC=O. The third kappa shape index (κ3) is 2.66. The van der Waals surface area contributed by atoms with Crippen LogP contribution in [0.2, 0.25) is 0 Å². The summed E-state index contributed by atoms with van der Waals surface area (Å²) in [5.74, 6) is 1.70. The van der Waals surface area contributed by atoms with Crippen LogP contribution >= 0.6 is 0 Å². The van der Waals surface area contributed by atoms with Crippen LogP contribution in [-0.4, -0.2) is 18.4 Å². The zero-order valence-electron chi connectivity index (χ0n) is 10.00. The van der Waals surface area contributed by atoms with Gasteiger partial charge in [-0.15, -0.1) is 0 Å². The number of methoxy groups -OCH3 is 1. The molecule has 0 amide bonds. The Balaban J connectivity index is 2.34. The van der Waals surface area contributed by atoms with Crippen molar-refractivity contribution >= 4 is 6.29 Å². The van der Waals surface area contributed by atoms with E-state index in [9.17, 15) is 4.79 Å². The highest BCUT2D eigenvalue weighted by molar-refractivity contribution is 5.61. The smallest absolute Gasteiger partial charge is 0.219 e. The molecule has 1 heterocycles. The molecule has 0 aliphatic heterocycles. The second-order valence-corrected chi connectivity index (χ2v) is 3.58. The summed E-state index contributed by atoms with van der Waals surface area (Å²) >= 11 is 0. The Morgan fingerprint density at radius 2 is 2.00 bits per heavy atom. The molecule has 2 aromatic rings. The minimum absolute atomic E-state index is 0.242. The van der Waals surface area contributed by atoms with Gasteiger partial charge in [0.2, 0.25) is 5.88 Å². The molecule has 1 aromatic heterocycles. The summed E-state index contributed by atoms with van der Waals surface area (Å²) < 4.78 is 10.9. The molecule has 4 heteroatoms. The van der Waals surface area contributed by atoms with E-state index in [1.54, 1.807) is 31.5 Å².